The number of carbonyl (C=O) groups is 1. The van der Waals surface area contributed by atoms with Gasteiger partial charge in [0.2, 0.25) is 0 Å². The molecule has 2 aliphatic heterocycles. The van der Waals surface area contributed by atoms with Crippen molar-refractivity contribution < 1.29 is 18.8 Å². The van der Waals surface area contributed by atoms with Crippen LogP contribution in [0.2, 0.25) is 0 Å². The van der Waals surface area contributed by atoms with Gasteiger partial charge in [0.25, 0.3) is 0 Å². The van der Waals surface area contributed by atoms with Gasteiger partial charge in [0, 0.05) is 42.6 Å². The van der Waals surface area contributed by atoms with E-state index in [-0.39, 0.29) is 23.3 Å². The third-order valence-corrected chi connectivity index (χ3v) is 6.50. The van der Waals surface area contributed by atoms with Crippen LogP contribution >= 0.6 is 0 Å². The number of fused-ring (bicyclic) bond motifs is 1. The summed E-state index contributed by atoms with van der Waals surface area (Å²) in [6.07, 6.45) is 1.52. The van der Waals surface area contributed by atoms with Gasteiger partial charge in [0.15, 0.2) is 0 Å². The molecule has 1 aliphatic carbocycles. The maximum Gasteiger partial charge on any atom is 0.496 e. The number of pyridine rings is 1. The number of piperidine rings is 1. The second-order valence-corrected chi connectivity index (χ2v) is 10.4. The number of nitrogens with one attached hydrogen (secondary N) is 1. The lowest BCUT2D eigenvalue weighted by atomic mass is 9.80. The molecule has 8 heteroatoms. The molecule has 0 bridgehead atoms. The highest BCUT2D eigenvalue weighted by Crippen LogP contribution is 2.46. The van der Waals surface area contributed by atoms with Crippen LogP contribution in [0.1, 0.15) is 48.5 Å². The molecule has 2 saturated heterocycles. The van der Waals surface area contributed by atoms with E-state index in [4.69, 9.17) is 14.0 Å². The lowest BCUT2D eigenvalue weighted by Crippen LogP contribution is -2.41. The molecular formula is C21H32BN3O4. The van der Waals surface area contributed by atoms with E-state index in [1.165, 1.54) is 0 Å². The van der Waals surface area contributed by atoms with Crippen molar-refractivity contribution >= 4 is 24.5 Å². The fourth-order valence-corrected chi connectivity index (χ4v) is 4.07. The van der Waals surface area contributed by atoms with E-state index in [1.54, 1.807) is 0 Å². The minimum absolute atomic E-state index is 0.213. The van der Waals surface area contributed by atoms with E-state index in [2.05, 4.69) is 15.2 Å². The second kappa shape index (κ2) is 6.60. The van der Waals surface area contributed by atoms with E-state index in [9.17, 15) is 4.79 Å². The molecule has 0 spiro atoms. The lowest BCUT2D eigenvalue weighted by molar-refractivity contribution is 0.00578. The molecule has 3 fully saturated rings. The number of ether oxygens (including phenoxy) is 1. The number of nitrogens with zero attached hydrogens (tertiary/aromatic N) is 2. The molecule has 1 aromatic heterocycles. The number of anilines is 1. The zero-order valence-corrected chi connectivity index (χ0v) is 18.5. The van der Waals surface area contributed by atoms with Gasteiger partial charge >= 0.3 is 13.2 Å². The second-order valence-electron chi connectivity index (χ2n) is 10.4. The fraction of sp³-hybridized carbons (Fsp3) is 0.714. The van der Waals surface area contributed by atoms with Crippen LogP contribution in [-0.4, -0.2) is 54.1 Å². The Labute approximate surface area is 173 Å². The van der Waals surface area contributed by atoms with Gasteiger partial charge in [0.1, 0.15) is 11.4 Å². The molecule has 1 aromatic rings. The van der Waals surface area contributed by atoms with Crippen LogP contribution in [0.3, 0.4) is 0 Å². The number of hydrogen-bond acceptors (Lipinski definition) is 6. The van der Waals surface area contributed by atoms with Gasteiger partial charge in [-0.25, -0.2) is 9.78 Å². The molecule has 3 heterocycles. The van der Waals surface area contributed by atoms with E-state index >= 15 is 0 Å². The molecule has 4 rings (SSSR count). The average molecular weight is 401 g/mol. The Kier molecular flexibility index (Phi) is 4.66. The predicted molar refractivity (Wildman–Crippen MR) is 112 cm³/mol. The van der Waals surface area contributed by atoms with Gasteiger partial charge in [0.05, 0.1) is 11.2 Å². The normalized spacial score (nSPS) is 29.6. The quantitative estimate of drug-likeness (QED) is 0.784. The van der Waals surface area contributed by atoms with Gasteiger partial charge < -0.3 is 24.3 Å². The van der Waals surface area contributed by atoms with Crippen molar-refractivity contribution in [1.82, 2.24) is 10.3 Å². The molecule has 2 unspecified atom stereocenters. The molecule has 0 radical (unpaired) electrons. The SMILES string of the molecule is CC(C)(C)OC(=O)NC1C2CN(c3ccc(B4OC(C)(C)C(C)(C)O4)cn3)C[C@@H]21. The third kappa shape index (κ3) is 3.97. The molecule has 3 atom stereocenters. The Bertz CT molecular complexity index is 762. The van der Waals surface area contributed by atoms with Crippen molar-refractivity contribution in [3.63, 3.8) is 0 Å². The van der Waals surface area contributed by atoms with Gasteiger partial charge in [-0.1, -0.05) is 6.07 Å². The van der Waals surface area contributed by atoms with E-state index < -0.39 is 12.7 Å². The molecule has 1 saturated carbocycles. The first-order valence-electron chi connectivity index (χ1n) is 10.4. The van der Waals surface area contributed by atoms with E-state index in [0.717, 1.165) is 24.4 Å². The smallest absolute Gasteiger partial charge is 0.444 e. The maximum atomic E-state index is 12.0. The van der Waals surface area contributed by atoms with Crippen LogP contribution < -0.4 is 15.7 Å². The Morgan fingerprint density at radius 1 is 1.17 bits per heavy atom. The molecule has 3 aliphatic rings. The van der Waals surface area contributed by atoms with Crippen molar-refractivity contribution in [2.75, 3.05) is 18.0 Å². The Hall–Kier alpha value is -1.80. The third-order valence-electron chi connectivity index (χ3n) is 6.50. The summed E-state index contributed by atoms with van der Waals surface area (Å²) in [5, 5.41) is 3.00. The maximum absolute atomic E-state index is 12.0. The Balaban J connectivity index is 1.31. The first kappa shape index (κ1) is 20.5. The number of hydrogen-bond donors (Lipinski definition) is 1. The summed E-state index contributed by atoms with van der Waals surface area (Å²) in [6, 6.07) is 4.27. The number of carbonyl (C=O) groups excluding carboxylic acids is 1. The van der Waals surface area contributed by atoms with Gasteiger partial charge in [-0.3, -0.25) is 0 Å². The van der Waals surface area contributed by atoms with Crippen molar-refractivity contribution in [3.05, 3.63) is 18.3 Å². The predicted octanol–water partition coefficient (Wildman–Crippen LogP) is 2.34. The van der Waals surface area contributed by atoms with Gasteiger partial charge in [-0.2, -0.15) is 0 Å². The Morgan fingerprint density at radius 3 is 2.24 bits per heavy atom. The summed E-state index contributed by atoms with van der Waals surface area (Å²) < 4.78 is 17.6. The van der Waals surface area contributed by atoms with Crippen LogP contribution in [0.4, 0.5) is 10.6 Å². The van der Waals surface area contributed by atoms with Crippen LogP contribution in [0.25, 0.3) is 0 Å². The van der Waals surface area contributed by atoms with E-state index in [1.807, 2.05) is 66.8 Å². The standard InChI is InChI=1S/C21H32BN3O4/c1-19(2,3)27-18(26)24-17-14-11-25(12-15(14)17)16-9-8-13(10-23-16)22-28-20(4,5)21(6,7)29-22/h8-10,14-15,17H,11-12H2,1-7H3,(H,24,26)/t14-,15?,17?/m0/s1. The first-order chi connectivity index (χ1) is 13.4. The molecule has 1 N–H and O–H groups in total. The fourth-order valence-electron chi connectivity index (χ4n) is 4.07. The summed E-state index contributed by atoms with van der Waals surface area (Å²) in [6.45, 7) is 15.6. The van der Waals surface area contributed by atoms with Gasteiger partial charge in [-0.15, -0.1) is 0 Å². The van der Waals surface area contributed by atoms with Crippen LogP contribution in [-0.2, 0) is 14.0 Å². The minimum atomic E-state index is -0.469. The van der Waals surface area contributed by atoms with Crippen LogP contribution in [0.5, 0.6) is 0 Å². The molecule has 29 heavy (non-hydrogen) atoms. The highest BCUT2D eigenvalue weighted by atomic mass is 16.7. The minimum Gasteiger partial charge on any atom is -0.444 e. The van der Waals surface area contributed by atoms with Crippen LogP contribution in [0, 0.1) is 11.8 Å². The lowest BCUT2D eigenvalue weighted by Gasteiger charge is -2.32. The summed E-state index contributed by atoms with van der Waals surface area (Å²) >= 11 is 0. The average Bonchev–Trinajstić information content (AvgIpc) is 2.94. The number of alkyl carbamates (subject to hydrolysis) is 1. The van der Waals surface area contributed by atoms with Gasteiger partial charge in [-0.05, 0) is 54.5 Å². The molecule has 1 amide bonds. The van der Waals surface area contributed by atoms with Crippen molar-refractivity contribution in [1.29, 1.82) is 0 Å². The first-order valence-corrected chi connectivity index (χ1v) is 10.4. The topological polar surface area (TPSA) is 72.9 Å². The zero-order valence-electron chi connectivity index (χ0n) is 18.5. The zero-order chi connectivity index (χ0) is 21.2. The number of aromatic nitrogens is 1. The number of rotatable bonds is 3. The molecular weight excluding hydrogens is 369 g/mol. The van der Waals surface area contributed by atoms with Crippen LogP contribution in [0.15, 0.2) is 18.3 Å². The highest BCUT2D eigenvalue weighted by Gasteiger charge is 2.57. The Morgan fingerprint density at radius 2 is 1.76 bits per heavy atom. The number of amides is 1. The molecule has 0 aromatic carbocycles. The molecule has 7 nitrogen and oxygen atoms in total. The van der Waals surface area contributed by atoms with Crippen molar-refractivity contribution in [2.24, 2.45) is 11.8 Å². The van der Waals surface area contributed by atoms with E-state index in [0.29, 0.717) is 11.8 Å². The largest absolute Gasteiger partial charge is 0.496 e. The summed E-state index contributed by atoms with van der Waals surface area (Å²) in [5.74, 6) is 1.88. The summed E-state index contributed by atoms with van der Waals surface area (Å²) in [4.78, 5) is 18.9. The molecule has 158 valence electrons. The summed E-state index contributed by atoms with van der Waals surface area (Å²) in [5.41, 5.74) is -0.254. The monoisotopic (exact) mass is 401 g/mol. The van der Waals surface area contributed by atoms with Crippen molar-refractivity contribution in [2.45, 2.75) is 71.3 Å². The van der Waals surface area contributed by atoms with Crippen molar-refractivity contribution in [3.8, 4) is 0 Å². The summed E-state index contributed by atoms with van der Waals surface area (Å²) in [7, 11) is -0.393. The highest BCUT2D eigenvalue weighted by molar-refractivity contribution is 6.62.